The van der Waals surface area contributed by atoms with E-state index >= 15 is 0 Å². The second-order valence-electron chi connectivity index (χ2n) is 26.8. The fourth-order valence-corrected chi connectivity index (χ4v) is 18.2. The van der Waals surface area contributed by atoms with Crippen LogP contribution in [-0.4, -0.2) is 31.5 Å². The summed E-state index contributed by atoms with van der Waals surface area (Å²) in [5, 5.41) is 0. The van der Waals surface area contributed by atoms with E-state index in [4.69, 9.17) is 19.4 Å². The predicted molar refractivity (Wildman–Crippen MR) is 353 cm³/mol. The number of hydrogen-bond acceptors (Lipinski definition) is 6. The van der Waals surface area contributed by atoms with E-state index in [9.17, 15) is 9.59 Å². The SMILES string of the molecule is C[C@]12CC[C@@H]3c4ccc(Oc5cccc(Oc6ccc7c(c6)CC[C@@H]6[C@@H]7CC[C@]7(C)C(=O)CC[C@@H]67)c5-c5c6nc(c(-c7ccccc7)c7ccc([nH]7)c(-c7ccccc7)c7nc(c(-c8ccccc8)c8ccc5[nH]8)C=C7)C=C6)cc4CC[C@H]3[C@@H]1CCC2=O. The molecule has 88 heavy (non-hydrogen) atoms. The summed E-state index contributed by atoms with van der Waals surface area (Å²) in [6.07, 6.45) is 20.2. The van der Waals surface area contributed by atoms with Crippen molar-refractivity contribution in [2.75, 3.05) is 0 Å². The van der Waals surface area contributed by atoms with Crippen molar-refractivity contribution < 1.29 is 19.1 Å². The van der Waals surface area contributed by atoms with E-state index < -0.39 is 0 Å². The van der Waals surface area contributed by atoms with E-state index in [1.807, 2.05) is 0 Å². The molecule has 6 aliphatic carbocycles. The smallest absolute Gasteiger partial charge is 0.139 e. The summed E-state index contributed by atoms with van der Waals surface area (Å²) >= 11 is 0. The van der Waals surface area contributed by atoms with Crippen molar-refractivity contribution in [3.8, 4) is 67.5 Å². The Morgan fingerprint density at radius 1 is 0.398 bits per heavy atom. The molecule has 8 nitrogen and oxygen atoms in total. The first-order valence-corrected chi connectivity index (χ1v) is 32.3. The Morgan fingerprint density at radius 3 is 1.19 bits per heavy atom. The van der Waals surface area contributed by atoms with Gasteiger partial charge in [0.2, 0.25) is 0 Å². The van der Waals surface area contributed by atoms with Crippen LogP contribution < -0.4 is 9.47 Å². The van der Waals surface area contributed by atoms with Crippen molar-refractivity contribution in [2.24, 2.45) is 34.5 Å². The van der Waals surface area contributed by atoms with Crippen LogP contribution in [0.15, 0.2) is 170 Å². The minimum absolute atomic E-state index is 0.175. The number of carbonyl (C=O) groups excluding carboxylic acids is 2. The van der Waals surface area contributed by atoms with Gasteiger partial charge in [-0.05, 0) is 224 Å². The number of hydrogen-bond donors (Lipinski definition) is 2. The number of benzene rings is 6. The fraction of sp³-hybridized carbons (Fsp3) is 0.275. The van der Waals surface area contributed by atoms with Crippen molar-refractivity contribution in [1.29, 1.82) is 0 Å². The lowest BCUT2D eigenvalue weighted by Crippen LogP contribution is -2.42. The summed E-state index contributed by atoms with van der Waals surface area (Å²) in [5.41, 5.74) is 19.7. The van der Waals surface area contributed by atoms with Gasteiger partial charge in [-0.1, -0.05) is 123 Å². The van der Waals surface area contributed by atoms with Crippen LogP contribution >= 0.6 is 0 Å². The van der Waals surface area contributed by atoms with Crippen LogP contribution in [0.5, 0.6) is 23.0 Å². The molecule has 17 rings (SSSR count). The molecule has 8 heteroatoms. The van der Waals surface area contributed by atoms with Crippen molar-refractivity contribution in [3.63, 3.8) is 0 Å². The van der Waals surface area contributed by atoms with E-state index in [1.54, 1.807) is 0 Å². The summed E-state index contributed by atoms with van der Waals surface area (Å²) in [6, 6.07) is 60.1. The predicted octanol–water partition coefficient (Wildman–Crippen LogP) is 19.8. The van der Waals surface area contributed by atoms with E-state index in [-0.39, 0.29) is 10.8 Å². The quantitative estimate of drug-likeness (QED) is 0.157. The molecule has 4 fully saturated rings. The second kappa shape index (κ2) is 20.8. The lowest BCUT2D eigenvalue weighted by atomic mass is 9.55. The van der Waals surface area contributed by atoms with Crippen LogP contribution in [0.25, 0.3) is 90.9 Å². The molecular formula is C80H70N4O4. The molecule has 6 aromatic carbocycles. The number of aromatic amines is 2. The van der Waals surface area contributed by atoms with Gasteiger partial charge in [0, 0.05) is 68.0 Å². The Bertz CT molecular complexity index is 4430. The largest absolute Gasteiger partial charge is 0.457 e. The summed E-state index contributed by atoms with van der Waals surface area (Å²) < 4.78 is 14.8. The number of nitrogens with zero attached hydrogens (tertiary/aromatic N) is 2. The minimum atomic E-state index is -0.175. The van der Waals surface area contributed by atoms with Crippen LogP contribution in [0.1, 0.15) is 135 Å². The monoisotopic (exact) mass is 1150 g/mol. The maximum atomic E-state index is 13.3. The number of rotatable bonds is 8. The summed E-state index contributed by atoms with van der Waals surface area (Å²) in [4.78, 5) is 45.8. The third-order valence-corrected chi connectivity index (χ3v) is 22.4. The molecule has 0 unspecified atom stereocenters. The fourth-order valence-electron chi connectivity index (χ4n) is 18.2. The number of carbonyl (C=O) groups is 2. The molecule has 3 aromatic heterocycles. The zero-order valence-electron chi connectivity index (χ0n) is 50.0. The second-order valence-corrected chi connectivity index (χ2v) is 26.8. The molecule has 0 saturated heterocycles. The molecule has 5 heterocycles. The Hall–Kier alpha value is -9.14. The third-order valence-electron chi connectivity index (χ3n) is 22.4. The highest BCUT2D eigenvalue weighted by molar-refractivity contribution is 6.01. The van der Waals surface area contributed by atoms with Crippen LogP contribution in [0.4, 0.5) is 0 Å². The lowest BCUT2D eigenvalue weighted by molar-refractivity contribution is -0.130. The molecule has 8 atom stereocenters. The number of aromatic nitrogens is 4. The Kier molecular flexibility index (Phi) is 12.5. The Morgan fingerprint density at radius 2 is 0.784 bits per heavy atom. The first kappa shape index (κ1) is 53.1. The Labute approximate surface area is 513 Å². The van der Waals surface area contributed by atoms with Crippen molar-refractivity contribution in [1.82, 2.24) is 19.9 Å². The molecule has 0 spiro atoms. The molecule has 2 N–H and O–H groups in total. The van der Waals surface area contributed by atoms with Gasteiger partial charge >= 0.3 is 0 Å². The highest BCUT2D eigenvalue weighted by Gasteiger charge is 2.56. The van der Waals surface area contributed by atoms with Gasteiger partial charge in [-0.25, -0.2) is 9.97 Å². The van der Waals surface area contributed by atoms with E-state index in [2.05, 4.69) is 218 Å². The highest BCUT2D eigenvalue weighted by Crippen LogP contribution is 2.62. The van der Waals surface area contributed by atoms with Crippen molar-refractivity contribution >= 4 is 57.9 Å². The standard InChI is InChI=1S/C80H70N4O4/c1-79-43-41-56-54-27-23-52(45-50(54)21-25-58(56)60(79)29-39-72(79)85)87-70-19-12-20-71(88-53-24-28-55-51(46-53)22-26-59-57(55)42-44-80(2)61(59)30-40-73(80)86)78(70)77-68-37-35-66(83-68)75(48-15-8-4-9-16-48)64-33-31-62(81-64)74(47-13-6-3-7-14-47)63-32-34-65(82-63)76(49-17-10-5-11-18-49)67-36-38-69(77)84-67/h3-20,23-24,27-28,31-38,45-46,56-61,81,84H,21-22,25-26,29-30,39-44H2,1-2H3/t56-,57-,58-,59-,60+,61+,79+,80+/m1/s1. The zero-order valence-corrected chi connectivity index (χ0v) is 50.0. The van der Waals surface area contributed by atoms with E-state index in [0.717, 1.165) is 178 Å². The number of aryl methyl sites for hydroxylation is 2. The molecule has 8 aliphatic rings. The summed E-state index contributed by atoms with van der Waals surface area (Å²) in [7, 11) is 0. The van der Waals surface area contributed by atoms with Crippen molar-refractivity contribution in [3.05, 3.63) is 215 Å². The van der Waals surface area contributed by atoms with Gasteiger partial charge in [0.05, 0.1) is 28.3 Å². The third kappa shape index (κ3) is 8.59. The summed E-state index contributed by atoms with van der Waals surface area (Å²) in [5.74, 6) is 6.65. The van der Waals surface area contributed by atoms with Gasteiger partial charge in [-0.2, -0.15) is 0 Å². The van der Waals surface area contributed by atoms with Gasteiger partial charge in [0.15, 0.2) is 0 Å². The number of nitrogens with one attached hydrogen (secondary N) is 2. The van der Waals surface area contributed by atoms with E-state index in [0.29, 0.717) is 58.6 Å². The van der Waals surface area contributed by atoms with Gasteiger partial charge in [0.25, 0.3) is 0 Å². The minimum Gasteiger partial charge on any atom is -0.457 e. The molecule has 0 amide bonds. The van der Waals surface area contributed by atoms with Gasteiger partial charge < -0.3 is 19.4 Å². The Balaban J connectivity index is 0.877. The molecule has 0 radical (unpaired) electrons. The maximum Gasteiger partial charge on any atom is 0.139 e. The van der Waals surface area contributed by atoms with Crippen LogP contribution in [0.3, 0.4) is 0 Å². The number of Topliss-reactive ketones (excluding diaryl/α,β-unsaturated/α-hetero) is 2. The van der Waals surface area contributed by atoms with Crippen LogP contribution in [0.2, 0.25) is 0 Å². The topological polar surface area (TPSA) is 110 Å². The van der Waals surface area contributed by atoms with Gasteiger partial charge in [-0.3, -0.25) is 9.59 Å². The number of ketones is 2. The van der Waals surface area contributed by atoms with Crippen LogP contribution in [-0.2, 0) is 22.4 Å². The average molecular weight is 1150 g/mol. The molecule has 434 valence electrons. The molecular weight excluding hydrogens is 1080 g/mol. The average Bonchev–Trinajstić information content (AvgIpc) is 1.63. The lowest BCUT2D eigenvalue weighted by Gasteiger charge is -2.48. The molecule has 4 saturated carbocycles. The number of H-pyrrole nitrogens is 2. The highest BCUT2D eigenvalue weighted by atomic mass is 16.5. The van der Waals surface area contributed by atoms with E-state index in [1.165, 1.54) is 22.3 Å². The number of fused-ring (bicyclic) bond motifs is 18. The zero-order chi connectivity index (χ0) is 58.8. The first-order valence-electron chi connectivity index (χ1n) is 32.3. The van der Waals surface area contributed by atoms with Crippen molar-refractivity contribution in [2.45, 2.75) is 103 Å². The molecule has 8 bridgehead atoms. The normalized spacial score (nSPS) is 24.7. The van der Waals surface area contributed by atoms with Crippen LogP contribution in [0, 0.1) is 34.5 Å². The van der Waals surface area contributed by atoms with Gasteiger partial charge in [0.1, 0.15) is 34.6 Å². The summed E-state index contributed by atoms with van der Waals surface area (Å²) in [6.45, 7) is 4.52. The first-order chi connectivity index (χ1) is 43.1. The molecule has 9 aromatic rings. The maximum absolute atomic E-state index is 13.3. The molecule has 2 aliphatic heterocycles. The van der Waals surface area contributed by atoms with Gasteiger partial charge in [-0.15, -0.1) is 0 Å². The number of ether oxygens (including phenoxy) is 2.